The number of para-hydroxylation sites is 1. The summed E-state index contributed by atoms with van der Waals surface area (Å²) >= 11 is 0. The normalized spacial score (nSPS) is 11.7. The van der Waals surface area contributed by atoms with Gasteiger partial charge in [0.25, 0.3) is 0 Å². The van der Waals surface area contributed by atoms with Crippen LogP contribution in [0.2, 0.25) is 0 Å². The zero-order chi connectivity index (χ0) is 14.4. The number of carbonyl (C=O) groups is 2. The summed E-state index contributed by atoms with van der Waals surface area (Å²) < 4.78 is 5.75. The summed E-state index contributed by atoms with van der Waals surface area (Å²) in [5.41, 5.74) is 2.02. The molecule has 0 aliphatic heterocycles. The zero-order valence-corrected chi connectivity index (χ0v) is 11.4. The lowest BCUT2D eigenvalue weighted by atomic mass is 10.1. The van der Waals surface area contributed by atoms with E-state index < -0.39 is 5.97 Å². The van der Waals surface area contributed by atoms with Gasteiger partial charge in [-0.25, -0.2) is 0 Å². The number of benzene rings is 1. The Kier molecular flexibility index (Phi) is 5.36. The number of ether oxygens (including phenoxy) is 1. The van der Waals surface area contributed by atoms with Gasteiger partial charge in [-0.05, 0) is 31.9 Å². The fourth-order valence-electron chi connectivity index (χ4n) is 1.74. The Hall–Kier alpha value is -2.04. The molecule has 0 saturated carbocycles. The molecule has 2 N–H and O–H groups in total. The van der Waals surface area contributed by atoms with Gasteiger partial charge in [-0.15, -0.1) is 0 Å². The summed E-state index contributed by atoms with van der Waals surface area (Å²) in [6, 6.07) is 5.83. The molecule has 1 aromatic rings. The fraction of sp³-hybridized carbons (Fsp3) is 0.429. The Labute approximate surface area is 112 Å². The highest BCUT2D eigenvalue weighted by atomic mass is 16.5. The molecule has 0 saturated heterocycles. The van der Waals surface area contributed by atoms with E-state index in [0.717, 1.165) is 16.9 Å². The number of aryl methyl sites for hydroxylation is 2. The number of hydrogen-bond acceptors (Lipinski definition) is 3. The minimum Gasteiger partial charge on any atom is -0.490 e. The zero-order valence-electron chi connectivity index (χ0n) is 11.4. The summed E-state index contributed by atoms with van der Waals surface area (Å²) in [7, 11) is 0. The van der Waals surface area contributed by atoms with Crippen molar-refractivity contribution < 1.29 is 19.4 Å². The van der Waals surface area contributed by atoms with Gasteiger partial charge in [-0.3, -0.25) is 9.59 Å². The van der Waals surface area contributed by atoms with Gasteiger partial charge in [0.2, 0.25) is 5.91 Å². The molecule has 0 spiro atoms. The molecule has 1 aromatic carbocycles. The number of carboxylic acids is 1. The molecule has 0 fully saturated rings. The van der Waals surface area contributed by atoms with E-state index in [1.165, 1.54) is 0 Å². The van der Waals surface area contributed by atoms with Gasteiger partial charge in [0, 0.05) is 0 Å². The van der Waals surface area contributed by atoms with Crippen molar-refractivity contribution >= 4 is 11.9 Å². The molecule has 5 heteroatoms. The number of aliphatic carboxylic acids is 1. The molecular weight excluding hydrogens is 246 g/mol. The molecule has 19 heavy (non-hydrogen) atoms. The number of carboxylic acid groups (broad SMARTS) is 1. The maximum Gasteiger partial charge on any atom is 0.322 e. The topological polar surface area (TPSA) is 75.6 Å². The number of amides is 1. The van der Waals surface area contributed by atoms with E-state index in [2.05, 4.69) is 5.32 Å². The van der Waals surface area contributed by atoms with Crippen molar-refractivity contribution in [3.8, 4) is 5.75 Å². The number of hydrogen-bond donors (Lipinski definition) is 2. The van der Waals surface area contributed by atoms with Crippen molar-refractivity contribution in [2.75, 3.05) is 6.54 Å². The maximum absolute atomic E-state index is 11.5. The van der Waals surface area contributed by atoms with E-state index in [-0.39, 0.29) is 25.0 Å². The Morgan fingerprint density at radius 3 is 2.42 bits per heavy atom. The van der Waals surface area contributed by atoms with Crippen molar-refractivity contribution in [2.24, 2.45) is 0 Å². The molecule has 1 amide bonds. The second kappa shape index (κ2) is 6.78. The first kappa shape index (κ1) is 15.0. The second-order valence-electron chi connectivity index (χ2n) is 4.52. The predicted octanol–water partition coefficient (Wildman–Crippen LogP) is 1.66. The van der Waals surface area contributed by atoms with Gasteiger partial charge in [0.05, 0.1) is 6.42 Å². The monoisotopic (exact) mass is 265 g/mol. The molecule has 5 nitrogen and oxygen atoms in total. The van der Waals surface area contributed by atoms with Crippen LogP contribution in [-0.4, -0.2) is 29.6 Å². The molecule has 1 unspecified atom stereocenters. The first-order valence-electron chi connectivity index (χ1n) is 6.11. The van der Waals surface area contributed by atoms with Crippen molar-refractivity contribution in [1.29, 1.82) is 0 Å². The van der Waals surface area contributed by atoms with Crippen LogP contribution in [0.25, 0.3) is 0 Å². The number of rotatable bonds is 6. The molecule has 104 valence electrons. The Balaban J connectivity index is 2.53. The van der Waals surface area contributed by atoms with E-state index in [1.807, 2.05) is 32.0 Å². The average Bonchev–Trinajstić information content (AvgIpc) is 2.31. The van der Waals surface area contributed by atoms with Crippen molar-refractivity contribution in [2.45, 2.75) is 33.3 Å². The molecule has 1 rings (SSSR count). The number of carbonyl (C=O) groups excluding carboxylic acids is 1. The first-order valence-corrected chi connectivity index (χ1v) is 6.11. The fourth-order valence-corrected chi connectivity index (χ4v) is 1.74. The highest BCUT2D eigenvalue weighted by Gasteiger charge is 2.13. The lowest BCUT2D eigenvalue weighted by Crippen LogP contribution is -2.32. The third-order valence-corrected chi connectivity index (χ3v) is 2.64. The van der Waals surface area contributed by atoms with Crippen LogP contribution in [0.3, 0.4) is 0 Å². The van der Waals surface area contributed by atoms with Gasteiger partial charge in [-0.1, -0.05) is 18.2 Å². The van der Waals surface area contributed by atoms with E-state index in [4.69, 9.17) is 9.84 Å². The average molecular weight is 265 g/mol. The molecule has 0 radical (unpaired) electrons. The third-order valence-electron chi connectivity index (χ3n) is 2.64. The minimum atomic E-state index is -1.06. The third kappa shape index (κ3) is 4.99. The number of nitrogens with one attached hydrogen (secondary N) is 1. The lowest BCUT2D eigenvalue weighted by Gasteiger charge is -2.17. The lowest BCUT2D eigenvalue weighted by molar-refractivity contribution is -0.138. The molecule has 0 heterocycles. The van der Waals surface area contributed by atoms with Crippen molar-refractivity contribution in [3.63, 3.8) is 0 Å². The van der Waals surface area contributed by atoms with Gasteiger partial charge in [-0.2, -0.15) is 0 Å². The quantitative estimate of drug-likeness (QED) is 0.820. The van der Waals surface area contributed by atoms with Crippen LogP contribution in [0.5, 0.6) is 5.75 Å². The largest absolute Gasteiger partial charge is 0.490 e. The van der Waals surface area contributed by atoms with E-state index >= 15 is 0 Å². The van der Waals surface area contributed by atoms with Gasteiger partial charge in [0.1, 0.15) is 18.4 Å². The standard InChI is InChI=1S/C14H19NO4/c1-9-5-4-6-10(2)14(9)19-11(3)7-12(16)15-8-13(17)18/h4-6,11H,7-8H2,1-3H3,(H,15,16)(H,17,18). The van der Waals surface area contributed by atoms with Crippen LogP contribution in [0.15, 0.2) is 18.2 Å². The summed E-state index contributed by atoms with van der Waals surface area (Å²) in [6.45, 7) is 5.31. The Bertz CT molecular complexity index is 450. The summed E-state index contributed by atoms with van der Waals surface area (Å²) in [6.07, 6.45) is -0.185. The van der Waals surface area contributed by atoms with E-state index in [1.54, 1.807) is 6.92 Å². The van der Waals surface area contributed by atoms with Crippen molar-refractivity contribution in [3.05, 3.63) is 29.3 Å². The van der Waals surface area contributed by atoms with E-state index in [9.17, 15) is 9.59 Å². The molecule has 0 aliphatic rings. The second-order valence-corrected chi connectivity index (χ2v) is 4.52. The molecular formula is C14H19NO4. The smallest absolute Gasteiger partial charge is 0.322 e. The van der Waals surface area contributed by atoms with E-state index in [0.29, 0.717) is 0 Å². The molecule has 0 aromatic heterocycles. The van der Waals surface area contributed by atoms with Crippen LogP contribution < -0.4 is 10.1 Å². The maximum atomic E-state index is 11.5. The summed E-state index contributed by atoms with van der Waals surface area (Å²) in [4.78, 5) is 21.8. The molecule has 0 bridgehead atoms. The van der Waals surface area contributed by atoms with Crippen molar-refractivity contribution in [1.82, 2.24) is 5.32 Å². The van der Waals surface area contributed by atoms with Gasteiger partial charge in [0.15, 0.2) is 0 Å². The SMILES string of the molecule is Cc1cccc(C)c1OC(C)CC(=O)NCC(=O)O. The molecule has 0 aliphatic carbocycles. The summed E-state index contributed by atoms with van der Waals surface area (Å²) in [5, 5.41) is 10.8. The van der Waals surface area contributed by atoms with Gasteiger partial charge >= 0.3 is 5.97 Å². The minimum absolute atomic E-state index is 0.126. The van der Waals surface area contributed by atoms with Crippen LogP contribution >= 0.6 is 0 Å². The first-order chi connectivity index (χ1) is 8.90. The predicted molar refractivity (Wildman–Crippen MR) is 71.3 cm³/mol. The van der Waals surface area contributed by atoms with Crippen LogP contribution in [-0.2, 0) is 9.59 Å². The highest BCUT2D eigenvalue weighted by molar-refractivity contribution is 5.81. The summed E-state index contributed by atoms with van der Waals surface area (Å²) in [5.74, 6) is -0.612. The van der Waals surface area contributed by atoms with Crippen LogP contribution in [0.1, 0.15) is 24.5 Å². The van der Waals surface area contributed by atoms with Crippen LogP contribution in [0.4, 0.5) is 0 Å². The van der Waals surface area contributed by atoms with Gasteiger partial charge < -0.3 is 15.2 Å². The Morgan fingerprint density at radius 2 is 1.89 bits per heavy atom. The van der Waals surface area contributed by atoms with Crippen LogP contribution in [0, 0.1) is 13.8 Å². The highest BCUT2D eigenvalue weighted by Crippen LogP contribution is 2.24. The molecule has 1 atom stereocenters. The Morgan fingerprint density at radius 1 is 1.32 bits per heavy atom.